The fourth-order valence-electron chi connectivity index (χ4n) is 3.42. The van der Waals surface area contributed by atoms with Gasteiger partial charge in [0.2, 0.25) is 0 Å². The molecule has 146 valence electrons. The fourth-order valence-corrected chi connectivity index (χ4v) is 3.42. The summed E-state index contributed by atoms with van der Waals surface area (Å²) >= 11 is 0. The average molecular weight is 392 g/mol. The van der Waals surface area contributed by atoms with Gasteiger partial charge in [-0.05, 0) is 36.8 Å². The highest BCUT2D eigenvalue weighted by Crippen LogP contribution is 2.30. The number of hydrogen-bond donors (Lipinski definition) is 2. The summed E-state index contributed by atoms with van der Waals surface area (Å²) in [6.45, 7) is 1.60. The van der Waals surface area contributed by atoms with Gasteiger partial charge in [-0.25, -0.2) is 9.18 Å². The summed E-state index contributed by atoms with van der Waals surface area (Å²) in [6, 6.07) is 12.4. The highest BCUT2D eigenvalue weighted by atomic mass is 19.1. The number of nitrogens with one attached hydrogen (secondary N) is 2. The van der Waals surface area contributed by atoms with E-state index in [2.05, 4.69) is 15.6 Å². The van der Waals surface area contributed by atoms with Crippen LogP contribution in [0, 0.1) is 12.7 Å². The van der Waals surface area contributed by atoms with Gasteiger partial charge in [0.25, 0.3) is 11.5 Å². The first-order valence-electron chi connectivity index (χ1n) is 8.91. The Morgan fingerprint density at radius 2 is 1.93 bits per heavy atom. The van der Waals surface area contributed by atoms with Gasteiger partial charge in [-0.2, -0.15) is 0 Å². The first-order valence-corrected chi connectivity index (χ1v) is 8.91. The number of hydrogen-bond acceptors (Lipinski definition) is 4. The Morgan fingerprint density at radius 3 is 2.62 bits per heavy atom. The summed E-state index contributed by atoms with van der Waals surface area (Å²) in [5.41, 5.74) is 0.449. The Hall–Kier alpha value is -3.81. The SMILES string of the molecule is Cc1cccn(CC2(c3cccc(-c4ccc(F)cn4)c3)NC(=O)NC2=O)c1=O. The molecule has 2 aromatic heterocycles. The number of rotatable bonds is 4. The fraction of sp³-hybridized carbons (Fsp3) is 0.143. The Labute approximate surface area is 165 Å². The lowest BCUT2D eigenvalue weighted by atomic mass is 9.88. The number of pyridine rings is 2. The van der Waals surface area contributed by atoms with Crippen molar-refractivity contribution in [3.8, 4) is 11.3 Å². The Kier molecular flexibility index (Phi) is 4.46. The van der Waals surface area contributed by atoms with Gasteiger partial charge >= 0.3 is 6.03 Å². The van der Waals surface area contributed by atoms with Gasteiger partial charge in [0.1, 0.15) is 5.82 Å². The number of amides is 3. The molecule has 0 bridgehead atoms. The number of carbonyl (C=O) groups is 2. The number of halogens is 1. The zero-order valence-electron chi connectivity index (χ0n) is 15.5. The monoisotopic (exact) mass is 392 g/mol. The van der Waals surface area contributed by atoms with Crippen molar-refractivity contribution >= 4 is 11.9 Å². The maximum atomic E-state index is 13.2. The van der Waals surface area contributed by atoms with Crippen molar-refractivity contribution in [3.05, 3.63) is 88.2 Å². The second-order valence-corrected chi connectivity index (χ2v) is 6.88. The maximum Gasteiger partial charge on any atom is 0.322 e. The lowest BCUT2D eigenvalue weighted by molar-refractivity contribution is -0.124. The van der Waals surface area contributed by atoms with Crippen molar-refractivity contribution in [2.24, 2.45) is 0 Å². The van der Waals surface area contributed by atoms with E-state index >= 15 is 0 Å². The maximum absolute atomic E-state index is 13.2. The third-order valence-corrected chi connectivity index (χ3v) is 4.94. The molecule has 0 aliphatic carbocycles. The van der Waals surface area contributed by atoms with Crippen LogP contribution in [0.5, 0.6) is 0 Å². The molecule has 3 amide bonds. The van der Waals surface area contributed by atoms with E-state index in [1.165, 1.54) is 16.7 Å². The largest absolute Gasteiger partial charge is 0.322 e. The minimum absolute atomic E-state index is 0.0780. The summed E-state index contributed by atoms with van der Waals surface area (Å²) in [5, 5.41) is 4.93. The van der Waals surface area contributed by atoms with Crippen LogP contribution in [0.2, 0.25) is 0 Å². The summed E-state index contributed by atoms with van der Waals surface area (Å²) < 4.78 is 14.6. The number of carbonyl (C=O) groups excluding carboxylic acids is 2. The second kappa shape index (κ2) is 6.97. The second-order valence-electron chi connectivity index (χ2n) is 6.88. The van der Waals surface area contributed by atoms with E-state index in [-0.39, 0.29) is 12.1 Å². The van der Waals surface area contributed by atoms with Crippen molar-refractivity contribution < 1.29 is 14.0 Å². The van der Waals surface area contributed by atoms with Gasteiger partial charge in [-0.1, -0.05) is 24.3 Å². The van der Waals surface area contributed by atoms with Crippen molar-refractivity contribution in [3.63, 3.8) is 0 Å². The van der Waals surface area contributed by atoms with Crippen LogP contribution in [0.3, 0.4) is 0 Å². The van der Waals surface area contributed by atoms with E-state index in [0.29, 0.717) is 22.4 Å². The molecule has 29 heavy (non-hydrogen) atoms. The van der Waals surface area contributed by atoms with Gasteiger partial charge < -0.3 is 9.88 Å². The van der Waals surface area contributed by atoms with Gasteiger partial charge in [0, 0.05) is 17.3 Å². The quantitative estimate of drug-likeness (QED) is 0.665. The molecule has 1 aliphatic heterocycles. The zero-order chi connectivity index (χ0) is 20.6. The highest BCUT2D eigenvalue weighted by molar-refractivity contribution is 6.07. The molecule has 3 aromatic rings. The molecule has 0 radical (unpaired) electrons. The molecule has 8 heteroatoms. The zero-order valence-corrected chi connectivity index (χ0v) is 15.5. The third-order valence-electron chi connectivity index (χ3n) is 4.94. The predicted molar refractivity (Wildman–Crippen MR) is 103 cm³/mol. The van der Waals surface area contributed by atoms with Crippen LogP contribution in [0.25, 0.3) is 11.3 Å². The first kappa shape index (κ1) is 18.5. The van der Waals surface area contributed by atoms with Crippen molar-refractivity contribution in [1.29, 1.82) is 0 Å². The summed E-state index contributed by atoms with van der Waals surface area (Å²) in [7, 11) is 0. The van der Waals surface area contributed by atoms with Crippen molar-refractivity contribution in [2.45, 2.75) is 19.0 Å². The number of imide groups is 1. The Bertz CT molecular complexity index is 1170. The number of aryl methyl sites for hydroxylation is 1. The first-order chi connectivity index (χ1) is 13.9. The lowest BCUT2D eigenvalue weighted by Crippen LogP contribution is -2.49. The molecule has 0 spiro atoms. The van der Waals surface area contributed by atoms with Crippen LogP contribution in [0.4, 0.5) is 9.18 Å². The van der Waals surface area contributed by atoms with Gasteiger partial charge in [0.05, 0.1) is 18.4 Å². The number of aromatic nitrogens is 2. The van der Waals surface area contributed by atoms with Gasteiger partial charge in [-0.3, -0.25) is 19.9 Å². The van der Waals surface area contributed by atoms with Crippen LogP contribution >= 0.6 is 0 Å². The molecule has 7 nitrogen and oxygen atoms in total. The molecule has 2 N–H and O–H groups in total. The molecule has 1 fully saturated rings. The van der Waals surface area contributed by atoms with E-state index in [1.54, 1.807) is 49.5 Å². The minimum Gasteiger partial charge on any atom is -0.318 e. The van der Waals surface area contributed by atoms with Crippen LogP contribution < -0.4 is 16.2 Å². The molecule has 0 saturated carbocycles. The summed E-state index contributed by atoms with van der Waals surface area (Å²) in [6.07, 6.45) is 2.67. The van der Waals surface area contributed by atoms with Crippen LogP contribution in [-0.2, 0) is 16.9 Å². The molecular formula is C21H17FN4O3. The smallest absolute Gasteiger partial charge is 0.318 e. The molecule has 1 atom stereocenters. The average Bonchev–Trinajstić information content (AvgIpc) is 3.00. The number of benzene rings is 1. The van der Waals surface area contributed by atoms with E-state index in [1.807, 2.05) is 0 Å². The van der Waals surface area contributed by atoms with Crippen LogP contribution in [0.1, 0.15) is 11.1 Å². The lowest BCUT2D eigenvalue weighted by Gasteiger charge is -2.28. The normalized spacial score (nSPS) is 18.4. The van der Waals surface area contributed by atoms with Crippen molar-refractivity contribution in [2.75, 3.05) is 0 Å². The van der Waals surface area contributed by atoms with E-state index in [9.17, 15) is 18.8 Å². The molecule has 1 aliphatic rings. The predicted octanol–water partition coefficient (Wildman–Crippen LogP) is 2.09. The Balaban J connectivity index is 1.83. The topological polar surface area (TPSA) is 93.1 Å². The molecular weight excluding hydrogens is 375 g/mol. The molecule has 1 saturated heterocycles. The van der Waals surface area contributed by atoms with Crippen LogP contribution in [0.15, 0.2) is 65.7 Å². The third kappa shape index (κ3) is 3.29. The Morgan fingerprint density at radius 1 is 1.10 bits per heavy atom. The van der Waals surface area contributed by atoms with Crippen LogP contribution in [-0.4, -0.2) is 21.5 Å². The van der Waals surface area contributed by atoms with Gasteiger partial charge in [0.15, 0.2) is 5.54 Å². The van der Waals surface area contributed by atoms with E-state index < -0.39 is 23.3 Å². The van der Waals surface area contributed by atoms with Gasteiger partial charge in [-0.15, -0.1) is 0 Å². The molecule has 3 heterocycles. The van der Waals surface area contributed by atoms with E-state index in [4.69, 9.17) is 0 Å². The summed E-state index contributed by atoms with van der Waals surface area (Å²) in [5.74, 6) is -1.01. The number of urea groups is 1. The van der Waals surface area contributed by atoms with E-state index in [0.717, 1.165) is 6.20 Å². The molecule has 1 aromatic carbocycles. The van der Waals surface area contributed by atoms with Crippen molar-refractivity contribution in [1.82, 2.24) is 20.2 Å². The number of nitrogens with zero attached hydrogens (tertiary/aromatic N) is 2. The molecule has 1 unspecified atom stereocenters. The summed E-state index contributed by atoms with van der Waals surface area (Å²) in [4.78, 5) is 41.4. The minimum atomic E-state index is -1.47. The highest BCUT2D eigenvalue weighted by Gasteiger charge is 2.48. The standard InChI is InChI=1S/C21H17FN4O3/c1-13-4-3-9-26(18(13)27)12-21(19(28)24-20(29)25-21)15-6-2-5-14(10-15)17-8-7-16(22)11-23-17/h2-11H,12H2,1H3,(H2,24,25,28,29). The molecule has 4 rings (SSSR count).